The van der Waals surface area contributed by atoms with Gasteiger partial charge in [-0.1, -0.05) is 37.0 Å². The summed E-state index contributed by atoms with van der Waals surface area (Å²) in [5.41, 5.74) is 19.5. The summed E-state index contributed by atoms with van der Waals surface area (Å²) in [7, 11) is -5.43. The third kappa shape index (κ3) is 7.11. The van der Waals surface area contributed by atoms with Gasteiger partial charge in [0.05, 0.1) is 24.3 Å². The minimum Gasteiger partial charge on any atom is -0.493 e. The Labute approximate surface area is 266 Å². The fraction of sp³-hybridized carbons (Fsp3) is 0.231. The van der Waals surface area contributed by atoms with Crippen LogP contribution in [-0.4, -0.2) is 41.1 Å². The van der Waals surface area contributed by atoms with E-state index in [1.54, 1.807) is 0 Å². The van der Waals surface area contributed by atoms with E-state index in [0.717, 1.165) is 0 Å². The zero-order valence-electron chi connectivity index (χ0n) is 23.8. The molecule has 0 fully saturated rings. The first kappa shape index (κ1) is 33.0. The molecular formula is C26H28Cl2N8O8S. The van der Waals surface area contributed by atoms with Crippen molar-refractivity contribution in [2.45, 2.75) is 26.7 Å². The highest BCUT2D eigenvalue weighted by molar-refractivity contribution is 7.82. The Hall–Kier alpha value is -4.87. The van der Waals surface area contributed by atoms with Crippen molar-refractivity contribution in [1.82, 2.24) is 19.4 Å². The second-order valence-electron chi connectivity index (χ2n) is 9.20. The van der Waals surface area contributed by atoms with Crippen molar-refractivity contribution >= 4 is 56.6 Å². The number of aromatic nitrogens is 4. The first-order valence-electron chi connectivity index (χ1n) is 13.1. The van der Waals surface area contributed by atoms with Gasteiger partial charge in [0, 0.05) is 10.0 Å². The molecule has 0 aliphatic heterocycles. The average Bonchev–Trinajstić information content (AvgIpc) is 3.00. The van der Waals surface area contributed by atoms with Crippen molar-refractivity contribution in [2.24, 2.45) is 0 Å². The van der Waals surface area contributed by atoms with Crippen LogP contribution in [0.4, 0.5) is 23.0 Å². The van der Waals surface area contributed by atoms with E-state index in [0.29, 0.717) is 12.8 Å². The van der Waals surface area contributed by atoms with Gasteiger partial charge in [0.1, 0.15) is 22.9 Å². The minimum absolute atomic E-state index is 0.0165. The summed E-state index contributed by atoms with van der Waals surface area (Å²) in [5.74, 6) is -1.52. The average molecular weight is 684 g/mol. The molecule has 19 heteroatoms. The number of hydrogen-bond acceptors (Lipinski definition) is 14. The van der Waals surface area contributed by atoms with E-state index in [-0.39, 0.29) is 55.3 Å². The topological polar surface area (TPSA) is 245 Å². The van der Waals surface area contributed by atoms with E-state index in [9.17, 15) is 18.0 Å². The van der Waals surface area contributed by atoms with Crippen LogP contribution in [0.5, 0.6) is 11.5 Å². The zero-order chi connectivity index (χ0) is 33.1. The molecule has 0 aliphatic carbocycles. The molecule has 45 heavy (non-hydrogen) atoms. The van der Waals surface area contributed by atoms with E-state index >= 15 is 0 Å². The standard InChI is InChI=1S/C26H28Cl2N8O8S/c1-3-9-41-17-7-5-13(27)11-15(17)23-33-21(31)19(29)25(37)35(23)43-45(39,40)44-36-24(34-22(32)20(30)26(36)38)16-12-14(28)6-8-18(16)42-10-4-2/h5-8,11-12H,3-4,9-10,29-32H2,1-2H3. The highest BCUT2D eigenvalue weighted by Crippen LogP contribution is 2.34. The molecule has 4 rings (SSSR count). The second-order valence-corrected chi connectivity index (χ2v) is 11.2. The van der Waals surface area contributed by atoms with Crippen LogP contribution in [0.1, 0.15) is 26.7 Å². The number of nitrogens with zero attached hydrogens (tertiary/aromatic N) is 4. The minimum atomic E-state index is -5.43. The molecule has 2 aromatic heterocycles. The van der Waals surface area contributed by atoms with Crippen LogP contribution in [0, 0.1) is 0 Å². The molecular weight excluding hydrogens is 655 g/mol. The number of nitrogens with two attached hydrogens (primary N) is 4. The molecule has 0 bridgehead atoms. The molecule has 0 radical (unpaired) electrons. The third-order valence-electron chi connectivity index (χ3n) is 5.84. The molecule has 0 saturated carbocycles. The molecule has 0 aliphatic rings. The summed E-state index contributed by atoms with van der Waals surface area (Å²) in [4.78, 5) is 34.5. The van der Waals surface area contributed by atoms with Crippen molar-refractivity contribution in [3.05, 3.63) is 67.2 Å². The number of halogens is 2. The highest BCUT2D eigenvalue weighted by atomic mass is 35.5. The summed E-state index contributed by atoms with van der Waals surface area (Å²) in [6.07, 6.45) is 1.22. The predicted octanol–water partition coefficient (Wildman–Crippen LogP) is 2.15. The van der Waals surface area contributed by atoms with E-state index in [1.165, 1.54) is 36.4 Å². The van der Waals surface area contributed by atoms with Crippen molar-refractivity contribution in [3.8, 4) is 34.3 Å². The summed E-state index contributed by atoms with van der Waals surface area (Å²) in [5, 5.41) is 0.345. The van der Waals surface area contributed by atoms with Crippen LogP contribution >= 0.6 is 23.2 Å². The van der Waals surface area contributed by atoms with Gasteiger partial charge in [-0.2, -0.15) is 0 Å². The highest BCUT2D eigenvalue weighted by Gasteiger charge is 2.29. The smallest absolute Gasteiger partial charge is 0.493 e. The Morgan fingerprint density at radius 3 is 1.44 bits per heavy atom. The molecule has 2 aromatic carbocycles. The van der Waals surface area contributed by atoms with Crippen molar-refractivity contribution in [1.29, 1.82) is 0 Å². The molecule has 240 valence electrons. The van der Waals surface area contributed by atoms with Crippen LogP contribution in [0.25, 0.3) is 22.8 Å². The lowest BCUT2D eigenvalue weighted by atomic mass is 10.2. The lowest BCUT2D eigenvalue weighted by molar-refractivity contribution is 0.176. The molecule has 4 aromatic rings. The summed E-state index contributed by atoms with van der Waals surface area (Å²) in [6, 6.07) is 8.61. The molecule has 0 saturated heterocycles. The Bertz CT molecular complexity index is 1850. The number of ether oxygens (including phenoxy) is 2. The maximum atomic E-state index is 13.4. The summed E-state index contributed by atoms with van der Waals surface area (Å²) in [6.45, 7) is 4.21. The van der Waals surface area contributed by atoms with Gasteiger partial charge in [-0.3, -0.25) is 18.2 Å². The summed E-state index contributed by atoms with van der Waals surface area (Å²) >= 11 is 12.4. The predicted molar refractivity (Wildman–Crippen MR) is 169 cm³/mol. The number of hydrogen-bond donors (Lipinski definition) is 4. The first-order chi connectivity index (χ1) is 21.3. The lowest BCUT2D eigenvalue weighted by Crippen LogP contribution is -2.42. The Morgan fingerprint density at radius 1 is 0.711 bits per heavy atom. The van der Waals surface area contributed by atoms with Gasteiger partial charge in [0.15, 0.2) is 23.3 Å². The first-order valence-corrected chi connectivity index (χ1v) is 15.2. The van der Waals surface area contributed by atoms with Crippen LogP contribution in [0.15, 0.2) is 46.0 Å². The van der Waals surface area contributed by atoms with Gasteiger partial charge in [-0.05, 0) is 49.2 Å². The van der Waals surface area contributed by atoms with E-state index in [1.807, 2.05) is 13.8 Å². The summed E-state index contributed by atoms with van der Waals surface area (Å²) < 4.78 is 48.7. The molecule has 2 heterocycles. The number of benzene rings is 2. The van der Waals surface area contributed by atoms with Crippen molar-refractivity contribution < 1.29 is 26.5 Å². The Morgan fingerprint density at radius 2 is 1.09 bits per heavy atom. The number of nitrogen functional groups attached to an aromatic ring is 4. The van der Waals surface area contributed by atoms with Crippen LogP contribution < -0.4 is 52.1 Å². The van der Waals surface area contributed by atoms with Gasteiger partial charge in [-0.25, -0.2) is 9.97 Å². The molecule has 0 spiro atoms. The zero-order valence-corrected chi connectivity index (χ0v) is 26.1. The lowest BCUT2D eigenvalue weighted by Gasteiger charge is -2.18. The maximum Gasteiger partial charge on any atom is 0.540 e. The van der Waals surface area contributed by atoms with Crippen LogP contribution in [0.3, 0.4) is 0 Å². The van der Waals surface area contributed by atoms with Crippen LogP contribution in [0.2, 0.25) is 10.0 Å². The van der Waals surface area contributed by atoms with Crippen molar-refractivity contribution in [3.63, 3.8) is 0 Å². The largest absolute Gasteiger partial charge is 0.540 e. The fourth-order valence-corrected chi connectivity index (χ4v) is 4.79. The van der Waals surface area contributed by atoms with Crippen molar-refractivity contribution in [2.75, 3.05) is 36.1 Å². The SMILES string of the molecule is CCCOc1ccc(Cl)cc1-c1nc(N)c(N)c(=O)n1OS(=O)(=O)On1c(-c2cc(Cl)ccc2OCCC)nc(N)c(N)c1=O. The van der Waals surface area contributed by atoms with Gasteiger partial charge >= 0.3 is 21.5 Å². The van der Waals surface area contributed by atoms with Gasteiger partial charge < -0.3 is 32.4 Å². The van der Waals surface area contributed by atoms with E-state index in [2.05, 4.69) is 9.97 Å². The normalized spacial score (nSPS) is 11.3. The number of anilines is 4. The van der Waals surface area contributed by atoms with Crippen LogP contribution in [-0.2, 0) is 10.4 Å². The fourth-order valence-electron chi connectivity index (χ4n) is 3.77. The van der Waals surface area contributed by atoms with Gasteiger partial charge in [0.25, 0.3) is 0 Å². The Balaban J connectivity index is 1.89. The molecule has 16 nitrogen and oxygen atoms in total. The Kier molecular flexibility index (Phi) is 9.84. The molecule has 0 atom stereocenters. The van der Waals surface area contributed by atoms with Gasteiger partial charge in [-0.15, -0.1) is 17.9 Å². The van der Waals surface area contributed by atoms with Gasteiger partial charge in [0.2, 0.25) is 0 Å². The molecule has 8 N–H and O–H groups in total. The molecule has 0 unspecified atom stereocenters. The quantitative estimate of drug-likeness (QED) is 0.167. The maximum absolute atomic E-state index is 13.4. The van der Waals surface area contributed by atoms with E-state index < -0.39 is 56.2 Å². The third-order valence-corrected chi connectivity index (χ3v) is 6.97. The van der Waals surface area contributed by atoms with E-state index in [4.69, 9.17) is 64.2 Å². The second kappa shape index (κ2) is 13.4. The number of rotatable bonds is 12. The molecule has 0 amide bonds. The monoisotopic (exact) mass is 682 g/mol.